The van der Waals surface area contributed by atoms with Crippen LogP contribution in [0, 0.1) is 16.7 Å². The highest BCUT2D eigenvalue weighted by molar-refractivity contribution is 6.01. The lowest BCUT2D eigenvalue weighted by Crippen LogP contribution is -2.10. The molecule has 1 aromatic heterocycles. The van der Waals surface area contributed by atoms with Gasteiger partial charge in [-0.1, -0.05) is 27.7 Å². The van der Waals surface area contributed by atoms with Crippen molar-refractivity contribution in [3.8, 4) is 5.75 Å². The summed E-state index contributed by atoms with van der Waals surface area (Å²) in [7, 11) is 0. The largest absolute Gasteiger partial charge is 0.489 e. The third-order valence-electron chi connectivity index (χ3n) is 4.65. The summed E-state index contributed by atoms with van der Waals surface area (Å²) in [6.45, 7) is 12.5. The second-order valence-electron chi connectivity index (χ2n) is 6.82. The van der Waals surface area contributed by atoms with Gasteiger partial charge < -0.3 is 4.74 Å². The third kappa shape index (κ3) is 2.26. The first-order valence-corrected chi connectivity index (χ1v) is 6.84. The first-order valence-electron chi connectivity index (χ1n) is 6.84. The molecule has 0 spiro atoms. The van der Waals surface area contributed by atoms with E-state index in [9.17, 15) is 4.79 Å². The molecule has 3 heteroatoms. The molecule has 3 nitrogen and oxygen atoms in total. The highest BCUT2D eigenvalue weighted by Crippen LogP contribution is 2.69. The maximum absolute atomic E-state index is 12.6. The zero-order chi connectivity index (χ0) is 14.4. The minimum Gasteiger partial charge on any atom is -0.489 e. The van der Waals surface area contributed by atoms with Crippen molar-refractivity contribution in [2.45, 2.75) is 47.6 Å². The first-order chi connectivity index (χ1) is 8.68. The smallest absolute Gasteiger partial charge is 0.168 e. The Kier molecular flexibility index (Phi) is 3.20. The molecule has 0 aliphatic heterocycles. The van der Waals surface area contributed by atoms with Crippen molar-refractivity contribution in [2.75, 3.05) is 0 Å². The summed E-state index contributed by atoms with van der Waals surface area (Å²) in [5, 5.41) is 0. The number of carbonyl (C=O) groups is 1. The average Bonchev–Trinajstić information content (AvgIpc) is 2.68. The lowest BCUT2D eigenvalue weighted by molar-refractivity contribution is 0.0944. The summed E-state index contributed by atoms with van der Waals surface area (Å²) in [5.41, 5.74) is 0.764. The summed E-state index contributed by atoms with van der Waals surface area (Å²) in [6, 6.07) is 1.81. The molecule has 0 unspecified atom stereocenters. The third-order valence-corrected chi connectivity index (χ3v) is 4.65. The molecule has 0 bridgehead atoms. The first kappa shape index (κ1) is 14.0. The van der Waals surface area contributed by atoms with Gasteiger partial charge in [-0.15, -0.1) is 0 Å². The second-order valence-corrected chi connectivity index (χ2v) is 6.82. The maximum Gasteiger partial charge on any atom is 0.168 e. The molecule has 19 heavy (non-hydrogen) atoms. The van der Waals surface area contributed by atoms with Crippen molar-refractivity contribution < 1.29 is 9.53 Å². The van der Waals surface area contributed by atoms with E-state index in [1.54, 1.807) is 18.5 Å². The Morgan fingerprint density at radius 2 is 1.79 bits per heavy atom. The maximum atomic E-state index is 12.6. The van der Waals surface area contributed by atoms with Crippen molar-refractivity contribution in [1.82, 2.24) is 4.98 Å². The van der Waals surface area contributed by atoms with E-state index in [0.717, 1.165) is 0 Å². The van der Waals surface area contributed by atoms with Crippen molar-refractivity contribution in [1.29, 1.82) is 0 Å². The van der Waals surface area contributed by atoms with Gasteiger partial charge in [0.1, 0.15) is 5.75 Å². The number of pyridine rings is 1. The van der Waals surface area contributed by atoms with Gasteiger partial charge in [-0.25, -0.2) is 0 Å². The molecule has 0 radical (unpaired) electrons. The summed E-state index contributed by atoms with van der Waals surface area (Å²) in [4.78, 5) is 16.7. The van der Waals surface area contributed by atoms with Gasteiger partial charge in [0, 0.05) is 17.7 Å². The van der Waals surface area contributed by atoms with Gasteiger partial charge >= 0.3 is 0 Å². The Morgan fingerprint density at radius 1 is 1.21 bits per heavy atom. The van der Waals surface area contributed by atoms with Gasteiger partial charge in [0.15, 0.2) is 5.78 Å². The SMILES string of the molecule is CC(C)Oc1cncc(C(=O)C2C(C)(C)C2(C)C)c1. The molecule has 0 aromatic carbocycles. The van der Waals surface area contributed by atoms with E-state index in [2.05, 4.69) is 32.7 Å². The fourth-order valence-corrected chi connectivity index (χ4v) is 2.91. The van der Waals surface area contributed by atoms with Crippen LogP contribution in [-0.4, -0.2) is 16.9 Å². The van der Waals surface area contributed by atoms with E-state index >= 15 is 0 Å². The topological polar surface area (TPSA) is 39.2 Å². The number of hydrogen-bond acceptors (Lipinski definition) is 3. The fourth-order valence-electron chi connectivity index (χ4n) is 2.91. The Bertz CT molecular complexity index is 489. The monoisotopic (exact) mass is 261 g/mol. The summed E-state index contributed by atoms with van der Waals surface area (Å²) in [6.07, 6.45) is 3.38. The minimum absolute atomic E-state index is 0.0546. The van der Waals surface area contributed by atoms with Crippen LogP contribution in [0.15, 0.2) is 18.5 Å². The molecule has 0 saturated heterocycles. The molecule has 104 valence electrons. The van der Waals surface area contributed by atoms with Gasteiger partial charge in [-0.3, -0.25) is 9.78 Å². The quantitative estimate of drug-likeness (QED) is 0.775. The van der Waals surface area contributed by atoms with E-state index < -0.39 is 0 Å². The number of rotatable bonds is 4. The van der Waals surface area contributed by atoms with E-state index in [1.165, 1.54) is 0 Å². The molecule has 1 heterocycles. The summed E-state index contributed by atoms with van der Waals surface area (Å²) in [5.74, 6) is 0.907. The Morgan fingerprint density at radius 3 is 2.26 bits per heavy atom. The summed E-state index contributed by atoms with van der Waals surface area (Å²) < 4.78 is 5.59. The molecule has 1 aliphatic carbocycles. The zero-order valence-electron chi connectivity index (χ0n) is 12.7. The van der Waals surface area contributed by atoms with Crippen LogP contribution < -0.4 is 4.74 Å². The normalized spacial score (nSPS) is 20.4. The number of Topliss-reactive ketones (excluding diaryl/α,β-unsaturated/α-hetero) is 1. The molecule has 1 aliphatic rings. The molecular formula is C16H23NO2. The number of ketones is 1. The van der Waals surface area contributed by atoms with Gasteiger partial charge in [-0.05, 0) is 30.7 Å². The van der Waals surface area contributed by atoms with Gasteiger partial charge in [0.25, 0.3) is 0 Å². The standard InChI is InChI=1S/C16H23NO2/c1-10(2)19-12-7-11(8-17-9-12)13(18)14-15(3,4)16(14,5)6/h7-10,14H,1-6H3. The van der Waals surface area contributed by atoms with Crippen LogP contribution in [-0.2, 0) is 0 Å². The number of aromatic nitrogens is 1. The molecular weight excluding hydrogens is 238 g/mol. The van der Waals surface area contributed by atoms with Crippen molar-refractivity contribution in [3.63, 3.8) is 0 Å². The molecule has 0 N–H and O–H groups in total. The molecule has 0 atom stereocenters. The molecule has 2 rings (SSSR count). The predicted octanol–water partition coefficient (Wildman–Crippen LogP) is 3.73. The highest BCUT2D eigenvalue weighted by Gasteiger charge is 2.67. The van der Waals surface area contributed by atoms with E-state index in [-0.39, 0.29) is 28.6 Å². The molecule has 1 fully saturated rings. The number of hydrogen-bond donors (Lipinski definition) is 0. The lowest BCUT2D eigenvalue weighted by Gasteiger charge is -2.10. The Hall–Kier alpha value is -1.38. The van der Waals surface area contributed by atoms with Crippen LogP contribution >= 0.6 is 0 Å². The number of nitrogens with zero attached hydrogens (tertiary/aromatic N) is 1. The van der Waals surface area contributed by atoms with Crippen molar-refractivity contribution in [2.24, 2.45) is 16.7 Å². The molecule has 0 amide bonds. The minimum atomic E-state index is 0.0546. The van der Waals surface area contributed by atoms with E-state index in [4.69, 9.17) is 4.74 Å². The van der Waals surface area contributed by atoms with Gasteiger partial charge in [0.2, 0.25) is 0 Å². The Labute approximate surface area is 115 Å². The summed E-state index contributed by atoms with van der Waals surface area (Å²) >= 11 is 0. The van der Waals surface area contributed by atoms with Crippen LogP contribution in [0.5, 0.6) is 5.75 Å². The average molecular weight is 261 g/mol. The van der Waals surface area contributed by atoms with E-state index in [1.807, 2.05) is 13.8 Å². The van der Waals surface area contributed by atoms with Crippen LogP contribution in [0.3, 0.4) is 0 Å². The van der Waals surface area contributed by atoms with Crippen molar-refractivity contribution in [3.05, 3.63) is 24.0 Å². The molecule has 1 saturated carbocycles. The van der Waals surface area contributed by atoms with Gasteiger partial charge in [-0.2, -0.15) is 0 Å². The highest BCUT2D eigenvalue weighted by atomic mass is 16.5. The lowest BCUT2D eigenvalue weighted by atomic mass is 10.0. The van der Waals surface area contributed by atoms with Crippen LogP contribution in [0.4, 0.5) is 0 Å². The van der Waals surface area contributed by atoms with E-state index in [0.29, 0.717) is 11.3 Å². The second kappa shape index (κ2) is 4.32. The number of carbonyl (C=O) groups excluding carboxylic acids is 1. The molecule has 1 aromatic rings. The zero-order valence-corrected chi connectivity index (χ0v) is 12.7. The Balaban J connectivity index is 2.22. The van der Waals surface area contributed by atoms with Crippen LogP contribution in [0.2, 0.25) is 0 Å². The number of ether oxygens (including phenoxy) is 1. The predicted molar refractivity (Wildman–Crippen MR) is 75.4 cm³/mol. The van der Waals surface area contributed by atoms with Gasteiger partial charge in [0.05, 0.1) is 12.3 Å². The van der Waals surface area contributed by atoms with Crippen LogP contribution in [0.1, 0.15) is 51.9 Å². The van der Waals surface area contributed by atoms with Crippen molar-refractivity contribution >= 4 is 5.78 Å². The van der Waals surface area contributed by atoms with Crippen LogP contribution in [0.25, 0.3) is 0 Å². The fraction of sp³-hybridized carbons (Fsp3) is 0.625.